The fourth-order valence-corrected chi connectivity index (χ4v) is 5.46. The van der Waals surface area contributed by atoms with E-state index in [0.29, 0.717) is 30.2 Å². The lowest BCUT2D eigenvalue weighted by Crippen LogP contribution is -2.30. The van der Waals surface area contributed by atoms with Crippen LogP contribution in [0.25, 0.3) is 0 Å². The highest BCUT2D eigenvalue weighted by Crippen LogP contribution is 2.45. The van der Waals surface area contributed by atoms with Crippen LogP contribution in [0.4, 0.5) is 0 Å². The van der Waals surface area contributed by atoms with E-state index < -0.39 is 13.5 Å². The monoisotopic (exact) mass is 359 g/mol. The minimum atomic E-state index is -3.24. The maximum Gasteiger partial charge on any atom is 0.203 e. The third-order valence-electron chi connectivity index (χ3n) is 4.39. The summed E-state index contributed by atoms with van der Waals surface area (Å²) in [4.78, 5) is 10.1. The standard InChI is InChI=1S/C17H27ClNO3P/c18-16-8-6-14(7-9-16)10-19-11-17(20)13-23(21,22)12-15-4-2-1-3-5-15/h6-9,15,17,19-20H,1-5,10-13H2,(H,21,22). The molecule has 0 heterocycles. The minimum absolute atomic E-state index is 0.0167. The highest BCUT2D eigenvalue weighted by atomic mass is 35.5. The van der Waals surface area contributed by atoms with Gasteiger partial charge in [-0.2, -0.15) is 0 Å². The molecule has 130 valence electrons. The third kappa shape index (κ3) is 7.36. The number of aliphatic hydroxyl groups is 1. The smallest absolute Gasteiger partial charge is 0.203 e. The second-order valence-corrected chi connectivity index (χ2v) is 9.49. The zero-order valence-corrected chi connectivity index (χ0v) is 15.1. The summed E-state index contributed by atoms with van der Waals surface area (Å²) in [6, 6.07) is 7.48. The fraction of sp³-hybridized carbons (Fsp3) is 0.647. The van der Waals surface area contributed by atoms with Gasteiger partial charge < -0.3 is 15.3 Å². The molecule has 2 rings (SSSR count). The van der Waals surface area contributed by atoms with Crippen molar-refractivity contribution in [3.05, 3.63) is 34.9 Å². The van der Waals surface area contributed by atoms with Gasteiger partial charge in [-0.3, -0.25) is 4.57 Å². The van der Waals surface area contributed by atoms with Crippen LogP contribution in [0.1, 0.15) is 37.7 Å². The first-order valence-corrected chi connectivity index (χ1v) is 10.8. The Labute approximate surface area is 143 Å². The Morgan fingerprint density at radius 3 is 2.52 bits per heavy atom. The van der Waals surface area contributed by atoms with Crippen molar-refractivity contribution in [1.82, 2.24) is 5.32 Å². The molecule has 3 N–H and O–H groups in total. The highest BCUT2D eigenvalue weighted by molar-refractivity contribution is 7.58. The second-order valence-electron chi connectivity index (χ2n) is 6.63. The van der Waals surface area contributed by atoms with Gasteiger partial charge in [-0.25, -0.2) is 0 Å². The molecule has 2 atom stereocenters. The lowest BCUT2D eigenvalue weighted by molar-refractivity contribution is 0.189. The van der Waals surface area contributed by atoms with Gasteiger partial charge in [0.25, 0.3) is 0 Å². The maximum atomic E-state index is 12.3. The molecule has 0 aromatic heterocycles. The normalized spacial score (nSPS) is 20.1. The Morgan fingerprint density at radius 2 is 1.87 bits per heavy atom. The van der Waals surface area contributed by atoms with Crippen molar-refractivity contribution >= 4 is 19.0 Å². The van der Waals surface area contributed by atoms with Crippen LogP contribution in [0.2, 0.25) is 5.02 Å². The molecule has 0 aliphatic heterocycles. The molecule has 0 amide bonds. The van der Waals surface area contributed by atoms with E-state index in [2.05, 4.69) is 5.32 Å². The summed E-state index contributed by atoms with van der Waals surface area (Å²) in [7, 11) is -3.24. The quantitative estimate of drug-likeness (QED) is 0.620. The summed E-state index contributed by atoms with van der Waals surface area (Å²) in [5, 5.41) is 13.8. The van der Waals surface area contributed by atoms with Crippen molar-refractivity contribution in [2.45, 2.75) is 44.8 Å². The van der Waals surface area contributed by atoms with Crippen LogP contribution in [0, 0.1) is 5.92 Å². The Kier molecular flexibility index (Phi) is 7.58. The van der Waals surface area contributed by atoms with Crippen LogP contribution >= 0.6 is 19.0 Å². The van der Waals surface area contributed by atoms with E-state index in [9.17, 15) is 14.6 Å². The van der Waals surface area contributed by atoms with E-state index in [1.54, 1.807) is 0 Å². The van der Waals surface area contributed by atoms with Gasteiger partial charge in [0.2, 0.25) is 7.37 Å². The zero-order valence-electron chi connectivity index (χ0n) is 13.5. The average Bonchev–Trinajstić information content (AvgIpc) is 2.49. The predicted molar refractivity (Wildman–Crippen MR) is 95.3 cm³/mol. The van der Waals surface area contributed by atoms with Crippen molar-refractivity contribution < 1.29 is 14.6 Å². The number of aliphatic hydroxyl groups excluding tert-OH is 1. The first-order valence-electron chi connectivity index (χ1n) is 8.39. The molecular weight excluding hydrogens is 333 g/mol. The molecule has 1 aromatic rings. The summed E-state index contributed by atoms with van der Waals surface area (Å²) < 4.78 is 12.3. The van der Waals surface area contributed by atoms with Crippen LogP contribution in [-0.2, 0) is 11.1 Å². The largest absolute Gasteiger partial charge is 0.391 e. The summed E-state index contributed by atoms with van der Waals surface area (Å²) >= 11 is 5.83. The molecule has 23 heavy (non-hydrogen) atoms. The van der Waals surface area contributed by atoms with Gasteiger partial charge in [-0.05, 0) is 36.5 Å². The third-order valence-corrected chi connectivity index (χ3v) is 6.72. The van der Waals surface area contributed by atoms with Gasteiger partial charge >= 0.3 is 0 Å². The van der Waals surface area contributed by atoms with E-state index in [4.69, 9.17) is 11.6 Å². The first-order chi connectivity index (χ1) is 10.9. The number of benzene rings is 1. The first kappa shape index (κ1) is 19.0. The lowest BCUT2D eigenvalue weighted by Gasteiger charge is -2.25. The number of rotatable bonds is 8. The molecule has 1 aromatic carbocycles. The van der Waals surface area contributed by atoms with Crippen LogP contribution in [0.15, 0.2) is 24.3 Å². The molecule has 4 nitrogen and oxygen atoms in total. The van der Waals surface area contributed by atoms with E-state index in [0.717, 1.165) is 31.2 Å². The van der Waals surface area contributed by atoms with Crippen molar-refractivity contribution in [1.29, 1.82) is 0 Å². The molecule has 0 bridgehead atoms. The maximum absolute atomic E-state index is 12.3. The fourth-order valence-electron chi connectivity index (χ4n) is 3.23. The van der Waals surface area contributed by atoms with E-state index in [1.807, 2.05) is 24.3 Å². The van der Waals surface area contributed by atoms with Crippen molar-refractivity contribution in [2.75, 3.05) is 18.9 Å². The highest BCUT2D eigenvalue weighted by Gasteiger charge is 2.27. The Hall–Kier alpha value is -0.380. The van der Waals surface area contributed by atoms with Gasteiger partial charge in [0.15, 0.2) is 0 Å². The van der Waals surface area contributed by atoms with Crippen LogP contribution in [-0.4, -0.2) is 35.0 Å². The summed E-state index contributed by atoms with van der Waals surface area (Å²) in [6.07, 6.45) is 5.22. The number of hydrogen-bond donors (Lipinski definition) is 3. The van der Waals surface area contributed by atoms with Crippen LogP contribution in [0.3, 0.4) is 0 Å². The minimum Gasteiger partial charge on any atom is -0.391 e. The van der Waals surface area contributed by atoms with Gasteiger partial charge in [-0.1, -0.05) is 43.0 Å². The number of hydrogen-bond acceptors (Lipinski definition) is 3. The molecule has 6 heteroatoms. The zero-order chi connectivity index (χ0) is 16.7. The van der Waals surface area contributed by atoms with Gasteiger partial charge in [0.05, 0.1) is 12.3 Å². The number of nitrogens with one attached hydrogen (secondary N) is 1. The topological polar surface area (TPSA) is 69.6 Å². The summed E-state index contributed by atoms with van der Waals surface area (Å²) in [5.41, 5.74) is 1.07. The van der Waals surface area contributed by atoms with Crippen molar-refractivity contribution in [3.63, 3.8) is 0 Å². The Balaban J connectivity index is 1.69. The molecule has 1 aliphatic carbocycles. The van der Waals surface area contributed by atoms with Crippen molar-refractivity contribution in [2.24, 2.45) is 5.92 Å². The van der Waals surface area contributed by atoms with E-state index >= 15 is 0 Å². The SMILES string of the molecule is O=P(O)(CC(O)CNCc1ccc(Cl)cc1)CC1CCCCC1. The molecular formula is C17H27ClNO3P. The molecule has 0 saturated heterocycles. The predicted octanol–water partition coefficient (Wildman–Crippen LogP) is 3.64. The molecule has 1 saturated carbocycles. The van der Waals surface area contributed by atoms with Crippen LogP contribution < -0.4 is 5.32 Å². The van der Waals surface area contributed by atoms with Gasteiger partial charge in [0, 0.05) is 24.3 Å². The van der Waals surface area contributed by atoms with E-state index in [-0.39, 0.29) is 6.16 Å². The molecule has 1 fully saturated rings. The van der Waals surface area contributed by atoms with Gasteiger partial charge in [-0.15, -0.1) is 0 Å². The molecule has 2 unspecified atom stereocenters. The lowest BCUT2D eigenvalue weighted by atomic mass is 9.91. The summed E-state index contributed by atoms with van der Waals surface area (Å²) in [6.45, 7) is 0.921. The molecule has 1 aliphatic rings. The number of halogens is 1. The Morgan fingerprint density at radius 1 is 1.22 bits per heavy atom. The molecule has 0 radical (unpaired) electrons. The average molecular weight is 360 g/mol. The van der Waals surface area contributed by atoms with E-state index in [1.165, 1.54) is 6.42 Å². The van der Waals surface area contributed by atoms with Crippen molar-refractivity contribution in [3.8, 4) is 0 Å². The molecule has 0 spiro atoms. The van der Waals surface area contributed by atoms with Gasteiger partial charge in [0.1, 0.15) is 0 Å². The van der Waals surface area contributed by atoms with Crippen LogP contribution in [0.5, 0.6) is 0 Å². The summed E-state index contributed by atoms with van der Waals surface area (Å²) in [5.74, 6) is 0.355. The Bertz CT molecular complexity index is 517. The second kappa shape index (κ2) is 9.19.